The van der Waals surface area contributed by atoms with Gasteiger partial charge in [-0.3, -0.25) is 9.78 Å². The van der Waals surface area contributed by atoms with Crippen molar-refractivity contribution in [3.05, 3.63) is 71.6 Å². The Morgan fingerprint density at radius 1 is 1.21 bits per heavy atom. The molecule has 1 aliphatic heterocycles. The molecule has 4 rings (SSSR count). The van der Waals surface area contributed by atoms with Crippen molar-refractivity contribution in [3.63, 3.8) is 0 Å². The highest BCUT2D eigenvalue weighted by Crippen LogP contribution is 2.27. The normalized spacial score (nSPS) is 13.2. The Morgan fingerprint density at radius 2 is 2.10 bits per heavy atom. The van der Waals surface area contributed by atoms with E-state index in [1.54, 1.807) is 19.2 Å². The molecule has 3 heterocycles. The maximum absolute atomic E-state index is 12.0. The van der Waals surface area contributed by atoms with E-state index in [4.69, 9.17) is 4.74 Å². The molecule has 1 aliphatic rings. The summed E-state index contributed by atoms with van der Waals surface area (Å²) in [6.07, 6.45) is 5.70. The zero-order valence-corrected chi connectivity index (χ0v) is 16.1. The van der Waals surface area contributed by atoms with Crippen LogP contribution < -0.4 is 5.32 Å². The third-order valence-corrected chi connectivity index (χ3v) is 4.76. The van der Waals surface area contributed by atoms with E-state index in [1.165, 1.54) is 6.08 Å². The first-order valence-corrected chi connectivity index (χ1v) is 9.56. The summed E-state index contributed by atoms with van der Waals surface area (Å²) in [6, 6.07) is 13.6. The molecule has 1 amide bonds. The molecule has 0 radical (unpaired) electrons. The number of carbonyl (C=O) groups is 2. The number of rotatable bonds is 5. The van der Waals surface area contributed by atoms with Gasteiger partial charge >= 0.3 is 5.97 Å². The molecule has 0 aliphatic carbocycles. The lowest BCUT2D eigenvalue weighted by Gasteiger charge is -2.11. The van der Waals surface area contributed by atoms with E-state index in [0.717, 1.165) is 40.2 Å². The second-order valence-electron chi connectivity index (χ2n) is 6.72. The Bertz CT molecular complexity index is 1100. The van der Waals surface area contributed by atoms with E-state index >= 15 is 0 Å². The fourth-order valence-electron chi connectivity index (χ4n) is 3.36. The first kappa shape index (κ1) is 18.7. The Balaban J connectivity index is 1.62. The van der Waals surface area contributed by atoms with Crippen molar-refractivity contribution < 1.29 is 14.3 Å². The third kappa shape index (κ3) is 4.11. The molecular formula is C23H21N3O3. The largest absolute Gasteiger partial charge is 0.463 e. The van der Waals surface area contributed by atoms with Gasteiger partial charge in [0.1, 0.15) is 0 Å². The molecule has 0 atom stereocenters. The molecule has 29 heavy (non-hydrogen) atoms. The maximum atomic E-state index is 12.0. The molecule has 3 aromatic rings. The lowest BCUT2D eigenvalue weighted by atomic mass is 10.0. The average molecular weight is 387 g/mol. The number of hydrogen-bond donors (Lipinski definition) is 2. The average Bonchev–Trinajstić information content (AvgIpc) is 3.19. The van der Waals surface area contributed by atoms with Crippen LogP contribution in [0.5, 0.6) is 0 Å². The summed E-state index contributed by atoms with van der Waals surface area (Å²) >= 11 is 0. The molecule has 0 fully saturated rings. The summed E-state index contributed by atoms with van der Waals surface area (Å²) in [6.45, 7) is 2.78. The lowest BCUT2D eigenvalue weighted by molar-refractivity contribution is -0.137. The fraction of sp³-hybridized carbons (Fsp3) is 0.174. The van der Waals surface area contributed by atoms with E-state index in [2.05, 4.69) is 15.3 Å². The molecule has 2 N–H and O–H groups in total. The Labute approximate surface area is 168 Å². The minimum Gasteiger partial charge on any atom is -0.463 e. The summed E-state index contributed by atoms with van der Waals surface area (Å²) in [5, 5.41) is 2.86. The van der Waals surface area contributed by atoms with Gasteiger partial charge in [-0.1, -0.05) is 18.2 Å². The van der Waals surface area contributed by atoms with Crippen molar-refractivity contribution in [1.29, 1.82) is 0 Å². The fourth-order valence-corrected chi connectivity index (χ4v) is 3.36. The predicted octanol–water partition coefficient (Wildman–Crippen LogP) is 3.61. The van der Waals surface area contributed by atoms with Crippen LogP contribution in [0.4, 0.5) is 0 Å². The zero-order chi connectivity index (χ0) is 20.2. The quantitative estimate of drug-likeness (QED) is 0.517. The first-order valence-electron chi connectivity index (χ1n) is 9.56. The number of fused-ring (bicyclic) bond motifs is 1. The van der Waals surface area contributed by atoms with Crippen LogP contribution in [0.15, 0.2) is 54.7 Å². The molecule has 0 saturated heterocycles. The number of esters is 1. The number of nitrogens with zero attached hydrogens (tertiary/aromatic N) is 1. The minimum atomic E-state index is -0.363. The van der Waals surface area contributed by atoms with Crippen LogP contribution in [0.2, 0.25) is 0 Å². The Morgan fingerprint density at radius 3 is 2.93 bits per heavy atom. The lowest BCUT2D eigenvalue weighted by Crippen LogP contribution is -2.31. The summed E-state index contributed by atoms with van der Waals surface area (Å²) in [7, 11) is 0. The number of pyridine rings is 1. The monoisotopic (exact) mass is 387 g/mol. The van der Waals surface area contributed by atoms with Crippen LogP contribution in [-0.2, 0) is 16.0 Å². The van der Waals surface area contributed by atoms with Crippen molar-refractivity contribution in [2.24, 2.45) is 0 Å². The number of nitrogens with one attached hydrogen (secondary N) is 2. The molecule has 6 heteroatoms. The second-order valence-corrected chi connectivity index (χ2v) is 6.72. The highest BCUT2D eigenvalue weighted by molar-refractivity contribution is 5.97. The van der Waals surface area contributed by atoms with Crippen LogP contribution >= 0.6 is 0 Å². The van der Waals surface area contributed by atoms with E-state index in [9.17, 15) is 9.59 Å². The van der Waals surface area contributed by atoms with E-state index in [-0.39, 0.29) is 11.9 Å². The second kappa shape index (κ2) is 8.14. The molecule has 6 nitrogen and oxygen atoms in total. The Kier molecular flexibility index (Phi) is 5.24. The topological polar surface area (TPSA) is 84.1 Å². The molecule has 0 bridgehead atoms. The SMILES string of the molecule is CCOC(=O)C=Cc1cccc(-c2cc(-c3cc4c([nH]3)CCNC4=O)ccn2)c1. The van der Waals surface area contributed by atoms with Crippen LogP contribution in [0.25, 0.3) is 28.6 Å². The first-order chi connectivity index (χ1) is 14.1. The van der Waals surface area contributed by atoms with Crippen molar-refractivity contribution in [1.82, 2.24) is 15.3 Å². The van der Waals surface area contributed by atoms with Gasteiger partial charge < -0.3 is 15.0 Å². The number of aromatic nitrogens is 2. The third-order valence-electron chi connectivity index (χ3n) is 4.76. The molecule has 2 aromatic heterocycles. The van der Waals surface area contributed by atoms with Gasteiger partial charge in [0.15, 0.2) is 0 Å². The van der Waals surface area contributed by atoms with Gasteiger partial charge in [0.25, 0.3) is 5.91 Å². The van der Waals surface area contributed by atoms with Crippen LogP contribution in [-0.4, -0.2) is 35.0 Å². The molecular weight excluding hydrogens is 366 g/mol. The van der Waals surface area contributed by atoms with Crippen LogP contribution in [0.1, 0.15) is 28.5 Å². The highest BCUT2D eigenvalue weighted by Gasteiger charge is 2.20. The van der Waals surface area contributed by atoms with E-state index in [1.807, 2.05) is 42.5 Å². The van der Waals surface area contributed by atoms with Crippen molar-refractivity contribution in [2.45, 2.75) is 13.3 Å². The summed E-state index contributed by atoms with van der Waals surface area (Å²) in [5.74, 6) is -0.401. The number of aromatic amines is 1. The van der Waals surface area contributed by atoms with Gasteiger partial charge in [0.2, 0.25) is 0 Å². The van der Waals surface area contributed by atoms with Gasteiger partial charge in [-0.05, 0) is 42.8 Å². The number of hydrogen-bond acceptors (Lipinski definition) is 4. The van der Waals surface area contributed by atoms with Crippen LogP contribution in [0.3, 0.4) is 0 Å². The highest BCUT2D eigenvalue weighted by atomic mass is 16.5. The molecule has 146 valence electrons. The zero-order valence-electron chi connectivity index (χ0n) is 16.1. The van der Waals surface area contributed by atoms with Gasteiger partial charge in [-0.2, -0.15) is 0 Å². The Hall–Kier alpha value is -3.67. The van der Waals surface area contributed by atoms with Gasteiger partial charge in [-0.25, -0.2) is 4.79 Å². The van der Waals surface area contributed by atoms with Crippen molar-refractivity contribution in [2.75, 3.05) is 13.2 Å². The van der Waals surface area contributed by atoms with E-state index < -0.39 is 0 Å². The summed E-state index contributed by atoms with van der Waals surface area (Å²) in [4.78, 5) is 31.4. The number of ether oxygens (including phenoxy) is 1. The number of amides is 1. The smallest absolute Gasteiger partial charge is 0.330 e. The summed E-state index contributed by atoms with van der Waals surface area (Å²) < 4.78 is 4.92. The van der Waals surface area contributed by atoms with Crippen molar-refractivity contribution in [3.8, 4) is 22.5 Å². The molecule has 0 spiro atoms. The predicted molar refractivity (Wildman–Crippen MR) is 111 cm³/mol. The number of carbonyl (C=O) groups excluding carboxylic acids is 2. The number of H-pyrrole nitrogens is 1. The standard InChI is InChI=1S/C23H21N3O3/c1-2-29-22(27)7-6-15-4-3-5-16(12-15)20-13-17(8-10-24-20)21-14-18-19(26-21)9-11-25-23(18)28/h3-8,10,12-14,26H,2,9,11H2,1H3,(H,25,28). The van der Waals surface area contributed by atoms with E-state index in [0.29, 0.717) is 18.7 Å². The maximum Gasteiger partial charge on any atom is 0.330 e. The minimum absolute atomic E-state index is 0.0379. The van der Waals surface area contributed by atoms with Crippen molar-refractivity contribution >= 4 is 18.0 Å². The van der Waals surface area contributed by atoms with Gasteiger partial charge in [0.05, 0.1) is 17.9 Å². The molecule has 0 saturated carbocycles. The molecule has 1 aromatic carbocycles. The van der Waals surface area contributed by atoms with Gasteiger partial charge in [-0.15, -0.1) is 0 Å². The van der Waals surface area contributed by atoms with Gasteiger partial charge in [0, 0.05) is 47.8 Å². The van der Waals surface area contributed by atoms with Crippen LogP contribution in [0, 0.1) is 0 Å². The summed E-state index contributed by atoms with van der Waals surface area (Å²) in [5.41, 5.74) is 6.16. The molecule has 0 unspecified atom stereocenters. The number of benzene rings is 1.